The summed E-state index contributed by atoms with van der Waals surface area (Å²) in [6, 6.07) is 13.5. The van der Waals surface area contributed by atoms with Gasteiger partial charge < -0.3 is 14.5 Å². The molecule has 34 heavy (non-hydrogen) atoms. The van der Waals surface area contributed by atoms with E-state index in [1.165, 1.54) is 29.2 Å². The van der Waals surface area contributed by atoms with Crippen LogP contribution in [-0.2, 0) is 19.3 Å². The molecule has 0 aliphatic rings. The minimum atomic E-state index is -4.42. The molecular weight excluding hydrogens is 471 g/mol. The summed E-state index contributed by atoms with van der Waals surface area (Å²) in [5.41, 5.74) is 0.949. The van der Waals surface area contributed by atoms with E-state index in [1.807, 2.05) is 19.1 Å². The number of hydrogen-bond acceptors (Lipinski definition) is 4. The summed E-state index contributed by atoms with van der Waals surface area (Å²) in [5.74, 6) is 0.545. The molecule has 0 atom stereocenters. The quantitative estimate of drug-likeness (QED) is 0.329. The van der Waals surface area contributed by atoms with E-state index >= 15 is 0 Å². The first-order valence-electron chi connectivity index (χ1n) is 10.2. The first-order valence-corrected chi connectivity index (χ1v) is 10.5. The van der Waals surface area contributed by atoms with Gasteiger partial charge in [0, 0.05) is 6.20 Å². The normalized spacial score (nSPS) is 11.4. The van der Waals surface area contributed by atoms with Crippen molar-refractivity contribution in [3.63, 3.8) is 0 Å². The number of benzene rings is 2. The molecule has 1 amide bonds. The highest BCUT2D eigenvalue weighted by atomic mass is 35.5. The van der Waals surface area contributed by atoms with Crippen molar-refractivity contribution in [1.29, 1.82) is 0 Å². The summed E-state index contributed by atoms with van der Waals surface area (Å²) in [6.45, 7) is 2.08. The molecule has 0 radical (unpaired) electrons. The monoisotopic (exact) mass is 489 g/mol. The van der Waals surface area contributed by atoms with E-state index in [1.54, 1.807) is 18.2 Å². The smallest absolute Gasteiger partial charge is 0.416 e. The van der Waals surface area contributed by atoms with Gasteiger partial charge in [-0.05, 0) is 48.4 Å². The molecule has 0 bridgehead atoms. The third kappa shape index (κ3) is 5.60. The van der Waals surface area contributed by atoms with Crippen LogP contribution in [0.15, 0.2) is 71.4 Å². The predicted molar refractivity (Wildman–Crippen MR) is 120 cm³/mol. The Labute approximate surface area is 197 Å². The first kappa shape index (κ1) is 23.4. The van der Waals surface area contributed by atoms with E-state index in [-0.39, 0.29) is 18.9 Å². The Kier molecular flexibility index (Phi) is 6.65. The number of aryl methyl sites for hydroxylation is 1. The molecule has 2 aromatic carbocycles. The third-order valence-corrected chi connectivity index (χ3v) is 5.20. The zero-order chi connectivity index (χ0) is 24.3. The minimum Gasteiger partial charge on any atom is -0.484 e. The number of carbonyl (C=O) groups is 1. The number of para-hydroxylation sites is 1. The van der Waals surface area contributed by atoms with Crippen LogP contribution >= 0.6 is 11.6 Å². The average molecular weight is 490 g/mol. The second-order valence-corrected chi connectivity index (χ2v) is 7.93. The van der Waals surface area contributed by atoms with Crippen LogP contribution in [0.25, 0.3) is 0 Å². The van der Waals surface area contributed by atoms with E-state index in [4.69, 9.17) is 20.8 Å². The summed E-state index contributed by atoms with van der Waals surface area (Å²) in [5, 5.41) is 7.22. The van der Waals surface area contributed by atoms with E-state index < -0.39 is 17.6 Å². The van der Waals surface area contributed by atoms with Gasteiger partial charge in [-0.25, -0.2) is 0 Å². The highest BCUT2D eigenvalue weighted by Gasteiger charge is 2.30. The topological polar surface area (TPSA) is 69.3 Å². The van der Waals surface area contributed by atoms with Crippen molar-refractivity contribution in [1.82, 2.24) is 9.78 Å². The van der Waals surface area contributed by atoms with Gasteiger partial charge in [0.15, 0.2) is 5.76 Å². The number of rotatable bonds is 7. The summed E-state index contributed by atoms with van der Waals surface area (Å²) in [7, 11) is 0. The molecule has 0 spiro atoms. The van der Waals surface area contributed by atoms with Crippen LogP contribution in [0, 0.1) is 6.92 Å². The van der Waals surface area contributed by atoms with E-state index in [2.05, 4.69) is 10.4 Å². The zero-order valence-electron chi connectivity index (χ0n) is 17.9. The van der Waals surface area contributed by atoms with Gasteiger partial charge in [0.05, 0.1) is 29.0 Å². The highest BCUT2D eigenvalue weighted by Crippen LogP contribution is 2.30. The molecular formula is C24H19ClF3N3O3. The molecule has 0 unspecified atom stereocenters. The average Bonchev–Trinajstić information content (AvgIpc) is 3.43. The zero-order valence-corrected chi connectivity index (χ0v) is 18.7. The molecule has 176 valence electrons. The lowest BCUT2D eigenvalue weighted by Gasteiger charge is -2.09. The molecule has 0 saturated heterocycles. The minimum absolute atomic E-state index is 0.0695. The number of halogens is 4. The summed E-state index contributed by atoms with van der Waals surface area (Å²) >= 11 is 6.14. The number of hydrogen-bond donors (Lipinski definition) is 1. The number of ether oxygens (including phenoxy) is 1. The van der Waals surface area contributed by atoms with E-state index in [0.717, 1.165) is 17.7 Å². The molecule has 0 fully saturated rings. The molecule has 4 rings (SSSR count). The number of carbonyl (C=O) groups excluding carboxylic acids is 1. The molecule has 0 saturated carbocycles. The Balaban J connectivity index is 1.36. The van der Waals surface area contributed by atoms with Crippen LogP contribution in [-0.4, -0.2) is 15.7 Å². The third-order valence-electron chi connectivity index (χ3n) is 4.90. The van der Waals surface area contributed by atoms with Crippen molar-refractivity contribution >= 4 is 23.2 Å². The molecule has 0 aliphatic carbocycles. The van der Waals surface area contributed by atoms with Gasteiger partial charge in [0.2, 0.25) is 0 Å². The van der Waals surface area contributed by atoms with Gasteiger partial charge in [-0.15, -0.1) is 0 Å². The largest absolute Gasteiger partial charge is 0.484 e. The lowest BCUT2D eigenvalue weighted by atomic mass is 10.1. The molecule has 4 aromatic rings. The number of nitrogens with zero attached hydrogens (tertiary/aromatic N) is 2. The van der Waals surface area contributed by atoms with Gasteiger partial charge >= 0.3 is 6.18 Å². The lowest BCUT2D eigenvalue weighted by molar-refractivity contribution is -0.137. The summed E-state index contributed by atoms with van der Waals surface area (Å²) < 4.78 is 51.4. The van der Waals surface area contributed by atoms with Gasteiger partial charge in [-0.2, -0.15) is 18.3 Å². The van der Waals surface area contributed by atoms with Gasteiger partial charge in [0.1, 0.15) is 18.1 Å². The fourth-order valence-corrected chi connectivity index (χ4v) is 3.54. The number of aromatic nitrogens is 2. The second kappa shape index (κ2) is 9.64. The maximum atomic E-state index is 12.9. The van der Waals surface area contributed by atoms with Crippen LogP contribution in [0.3, 0.4) is 0 Å². The van der Waals surface area contributed by atoms with Crippen LogP contribution < -0.4 is 10.1 Å². The van der Waals surface area contributed by atoms with E-state index in [9.17, 15) is 18.0 Å². The summed E-state index contributed by atoms with van der Waals surface area (Å²) in [4.78, 5) is 12.5. The van der Waals surface area contributed by atoms with Crippen molar-refractivity contribution in [2.24, 2.45) is 0 Å². The molecule has 0 aliphatic heterocycles. The maximum absolute atomic E-state index is 12.9. The Bertz CT molecular complexity index is 1290. The number of amides is 1. The fourth-order valence-electron chi connectivity index (χ4n) is 3.26. The number of alkyl halides is 3. The lowest BCUT2D eigenvalue weighted by Crippen LogP contribution is -2.10. The second-order valence-electron chi connectivity index (χ2n) is 7.52. The number of anilines is 1. The van der Waals surface area contributed by atoms with Crippen molar-refractivity contribution in [2.75, 3.05) is 5.32 Å². The van der Waals surface area contributed by atoms with Crippen LogP contribution in [0.4, 0.5) is 18.9 Å². The van der Waals surface area contributed by atoms with Crippen molar-refractivity contribution in [3.8, 4) is 5.75 Å². The predicted octanol–water partition coefficient (Wildman–Crippen LogP) is 6.34. The Morgan fingerprint density at radius 2 is 1.97 bits per heavy atom. The van der Waals surface area contributed by atoms with Crippen molar-refractivity contribution in [2.45, 2.75) is 26.3 Å². The fraction of sp³-hybridized carbons (Fsp3) is 0.167. The van der Waals surface area contributed by atoms with Gasteiger partial charge in [-0.3, -0.25) is 9.48 Å². The Morgan fingerprint density at radius 1 is 1.18 bits per heavy atom. The highest BCUT2D eigenvalue weighted by molar-refractivity contribution is 6.32. The maximum Gasteiger partial charge on any atom is 0.416 e. The summed E-state index contributed by atoms with van der Waals surface area (Å²) in [6.07, 6.45) is -1.50. The van der Waals surface area contributed by atoms with Crippen molar-refractivity contribution in [3.05, 3.63) is 100 Å². The molecule has 2 aromatic heterocycles. The number of nitrogens with one attached hydrogen (secondary N) is 1. The van der Waals surface area contributed by atoms with Crippen molar-refractivity contribution < 1.29 is 27.1 Å². The van der Waals surface area contributed by atoms with Gasteiger partial charge in [0.25, 0.3) is 5.91 Å². The number of furan rings is 1. The first-order chi connectivity index (χ1) is 16.2. The SMILES string of the molecule is Cc1cccc(Cl)c1OCc1ccc(C(=O)Nc2cnn(Cc3cccc(C(F)(F)F)c3)c2)o1. The molecule has 2 heterocycles. The van der Waals surface area contributed by atoms with Gasteiger partial charge in [-0.1, -0.05) is 35.9 Å². The molecule has 1 N–H and O–H groups in total. The standard InChI is InChI=1S/C24H19ClF3N3O3/c1-15-4-2-7-20(25)22(15)33-14-19-8-9-21(34-19)23(32)30-18-11-29-31(13-18)12-16-5-3-6-17(10-16)24(26,27)28/h2-11,13H,12,14H2,1H3,(H,30,32). The molecule has 6 nitrogen and oxygen atoms in total. The van der Waals surface area contributed by atoms with Crippen LogP contribution in [0.5, 0.6) is 5.75 Å². The Hall–Kier alpha value is -3.72. The van der Waals surface area contributed by atoms with Crippen LogP contribution in [0.2, 0.25) is 5.02 Å². The van der Waals surface area contributed by atoms with Crippen LogP contribution in [0.1, 0.15) is 33.0 Å². The molecule has 10 heteroatoms. The Morgan fingerprint density at radius 3 is 2.74 bits per heavy atom. The van der Waals surface area contributed by atoms with E-state index in [0.29, 0.717) is 27.8 Å².